The van der Waals surface area contributed by atoms with Gasteiger partial charge in [0.05, 0.1) is 11.3 Å². The van der Waals surface area contributed by atoms with E-state index >= 15 is 0 Å². The van der Waals surface area contributed by atoms with E-state index in [4.69, 9.17) is 24.9 Å². The molecule has 14 aromatic rings. The molecule has 0 N–H and O–H groups in total. The molecule has 0 aliphatic carbocycles. The Kier molecular flexibility index (Phi) is 15.4. The van der Waals surface area contributed by atoms with Crippen LogP contribution >= 0.6 is 0 Å². The van der Waals surface area contributed by atoms with E-state index in [1.54, 1.807) is 0 Å². The van der Waals surface area contributed by atoms with Crippen LogP contribution < -0.4 is 0 Å². The first kappa shape index (κ1) is 58.9. The van der Waals surface area contributed by atoms with Crippen molar-refractivity contribution in [3.63, 3.8) is 0 Å². The van der Waals surface area contributed by atoms with Gasteiger partial charge in [0, 0.05) is 59.9 Å². The number of hydrogen-bond donors (Lipinski definition) is 0. The Balaban J connectivity index is 0.00000377. The van der Waals surface area contributed by atoms with Gasteiger partial charge in [-0.15, -0.1) is 66.2 Å². The number of aromatic nitrogens is 7. The fourth-order valence-electron chi connectivity index (χ4n) is 12.3. The van der Waals surface area contributed by atoms with Crippen molar-refractivity contribution in [2.75, 3.05) is 0 Å². The third-order valence-corrected chi connectivity index (χ3v) is 16.9. The zero-order chi connectivity index (χ0) is 59.2. The summed E-state index contributed by atoms with van der Waals surface area (Å²) in [4.78, 5) is 25.8. The van der Waals surface area contributed by atoms with Crippen molar-refractivity contribution in [3.8, 4) is 100 Å². The fourth-order valence-corrected chi connectivity index (χ4v) is 12.3. The van der Waals surface area contributed by atoms with Crippen LogP contribution in [0, 0.1) is 53.3 Å². The quantitative estimate of drug-likeness (QED) is 0.135. The normalized spacial score (nSPS) is 11.8. The number of hydrogen-bond acceptors (Lipinski definition) is 5. The molecule has 5 aromatic heterocycles. The average Bonchev–Trinajstić information content (AvgIpc) is 1.51. The number of benzene rings is 9. The number of imidazole rings is 2. The summed E-state index contributed by atoms with van der Waals surface area (Å²) in [6.45, 7) is 21.7. The summed E-state index contributed by atoms with van der Waals surface area (Å²) < 4.78 is 4.44. The molecule has 9 aromatic carbocycles. The van der Waals surface area contributed by atoms with Crippen molar-refractivity contribution in [1.82, 2.24) is 33.7 Å². The first-order valence-corrected chi connectivity index (χ1v) is 29.6. The van der Waals surface area contributed by atoms with E-state index in [-0.39, 0.29) is 38.4 Å². The smallest absolute Gasteiger partial charge is 0.101 e. The zero-order valence-corrected chi connectivity index (χ0v) is 54.0. The molecular weight excluding hydrogens is 1250 g/mol. The molecule has 0 aliphatic heterocycles. The maximum absolute atomic E-state index is 5.40. The minimum Gasteiger partial charge on any atom is -0.358 e. The van der Waals surface area contributed by atoms with Crippen LogP contribution in [0.5, 0.6) is 0 Å². The van der Waals surface area contributed by atoms with E-state index in [2.05, 4.69) is 290 Å². The molecule has 0 unspecified atom stereocenters. The Hall–Kier alpha value is -9.46. The van der Waals surface area contributed by atoms with Crippen LogP contribution in [0.3, 0.4) is 0 Å². The third-order valence-electron chi connectivity index (χ3n) is 16.9. The van der Waals surface area contributed by atoms with Crippen LogP contribution in [-0.4, -0.2) is 33.7 Å². The minimum absolute atomic E-state index is 0. The Morgan fingerprint density at radius 1 is 0.352 bits per heavy atom. The number of nitrogens with zero attached hydrogens (tertiary/aromatic N) is 7. The number of fused-ring (bicyclic) bond motifs is 6. The summed E-state index contributed by atoms with van der Waals surface area (Å²) >= 11 is 0. The average molecular weight is 1320 g/mol. The second-order valence-corrected chi connectivity index (χ2v) is 24.9. The Bertz CT molecular complexity index is 4780. The fraction of sp³-hybridized carbons (Fsp3) is 0.150. The summed E-state index contributed by atoms with van der Waals surface area (Å²) in [5, 5.41) is 1.81. The molecule has 0 atom stereocenters. The van der Waals surface area contributed by atoms with Crippen LogP contribution in [0.15, 0.2) is 206 Å². The van der Waals surface area contributed by atoms with Crippen molar-refractivity contribution < 1.29 is 20.1 Å². The van der Waals surface area contributed by atoms with E-state index in [0.29, 0.717) is 0 Å². The van der Waals surface area contributed by atoms with Crippen LogP contribution in [0.4, 0.5) is 0 Å². The van der Waals surface area contributed by atoms with E-state index < -0.39 is 0 Å². The minimum atomic E-state index is -0.233. The predicted molar refractivity (Wildman–Crippen MR) is 361 cm³/mol. The second kappa shape index (κ2) is 23.0. The SMILES string of the molecule is Cc1nc2c3[c-]cc(-c4ccccc4-c4cc(-c5ccccc5-c5c[c-]c(-c6cc(-c7ccc(-c8ccccc8)cc7)ccn6)cc5)cc(-c5ccccc5-c5c[c-]c6c(c5)nc(C(C)(C)C)n5c(C)c(C)nc65)c4)cc3nc(C(C)(C)C)n2c1C.[CH3-].[Ir]. The number of aryl methyl sites for hydroxylation is 4. The molecule has 7 nitrogen and oxygen atoms in total. The molecule has 88 heavy (non-hydrogen) atoms. The predicted octanol–water partition coefficient (Wildman–Crippen LogP) is 20.2. The number of rotatable bonds is 9. The van der Waals surface area contributed by atoms with E-state index in [9.17, 15) is 0 Å². The van der Waals surface area contributed by atoms with Gasteiger partial charge in [0.1, 0.15) is 11.6 Å². The standard InChI is InChI=1S/C79H64N7.CH3.Ir/c1-48-50(3)85-74(81-48)69-38-36-58(46-72(69)83-76(85)78(5,6)7)64-23-15-18-26-67(64)61-42-60(43-62(44-61)68-27-19-16-24-65(68)59-37-39-70-73(47-59)84-77(79(8,9)10)86-51(4)49(2)82-75(70)86)66-25-17-14-22-63(66)55-32-34-56(35-33-55)71-45-57(40-41-80-71)54-30-28-53(29-31-54)52-20-12-11-13-21-52;;/h11-34,36-37,40-47H,1-10H3;1H3;/q-3;-1;. The van der Waals surface area contributed by atoms with Gasteiger partial charge in [0.2, 0.25) is 0 Å². The van der Waals surface area contributed by atoms with Gasteiger partial charge >= 0.3 is 0 Å². The molecule has 8 heteroatoms. The Morgan fingerprint density at radius 2 is 0.727 bits per heavy atom. The van der Waals surface area contributed by atoms with E-state index in [0.717, 1.165) is 157 Å². The van der Waals surface area contributed by atoms with Crippen molar-refractivity contribution >= 4 is 33.1 Å². The molecule has 5 heterocycles. The van der Waals surface area contributed by atoms with Crippen LogP contribution in [0.25, 0.3) is 133 Å². The molecule has 435 valence electrons. The van der Waals surface area contributed by atoms with Gasteiger partial charge in [-0.05, 0) is 124 Å². The van der Waals surface area contributed by atoms with Crippen molar-refractivity contribution in [3.05, 3.63) is 266 Å². The van der Waals surface area contributed by atoms with Gasteiger partial charge in [-0.1, -0.05) is 219 Å². The summed E-state index contributed by atoms with van der Waals surface area (Å²) in [6, 6.07) is 82.9. The summed E-state index contributed by atoms with van der Waals surface area (Å²) in [5.41, 5.74) is 26.6. The molecule has 0 fully saturated rings. The number of pyridine rings is 1. The van der Waals surface area contributed by atoms with Gasteiger partial charge in [-0.3, -0.25) is 19.9 Å². The van der Waals surface area contributed by atoms with Crippen LogP contribution in [0.1, 0.15) is 76.0 Å². The molecular formula is C80H67IrN7-4. The Morgan fingerprint density at radius 3 is 1.15 bits per heavy atom. The molecule has 0 saturated carbocycles. The third kappa shape index (κ3) is 10.5. The molecule has 1 radical (unpaired) electrons. The van der Waals surface area contributed by atoms with E-state index in [1.165, 1.54) is 11.1 Å². The largest absolute Gasteiger partial charge is 0.358 e. The van der Waals surface area contributed by atoms with Gasteiger partial charge in [-0.25, -0.2) is 0 Å². The van der Waals surface area contributed by atoms with Gasteiger partial charge in [0.25, 0.3) is 0 Å². The first-order valence-electron chi connectivity index (χ1n) is 29.6. The second-order valence-electron chi connectivity index (χ2n) is 24.9. The Labute approximate surface area is 530 Å². The molecule has 0 bridgehead atoms. The zero-order valence-electron chi connectivity index (χ0n) is 51.6. The summed E-state index contributed by atoms with van der Waals surface area (Å²) in [6.07, 6.45) is 1.89. The van der Waals surface area contributed by atoms with Crippen LogP contribution in [0.2, 0.25) is 0 Å². The topological polar surface area (TPSA) is 73.3 Å². The van der Waals surface area contributed by atoms with Gasteiger partial charge < -0.3 is 21.2 Å². The van der Waals surface area contributed by atoms with Crippen molar-refractivity contribution in [2.45, 2.75) is 80.1 Å². The van der Waals surface area contributed by atoms with Crippen molar-refractivity contribution in [1.29, 1.82) is 0 Å². The maximum Gasteiger partial charge on any atom is 0.101 e. The first-order chi connectivity index (χ1) is 41.5. The molecule has 0 spiro atoms. The molecule has 0 saturated heterocycles. The van der Waals surface area contributed by atoms with Crippen LogP contribution in [-0.2, 0) is 30.9 Å². The maximum atomic E-state index is 5.40. The molecule has 0 amide bonds. The van der Waals surface area contributed by atoms with E-state index in [1.807, 2.05) is 12.3 Å². The summed E-state index contributed by atoms with van der Waals surface area (Å²) in [7, 11) is 0. The molecule has 0 aliphatic rings. The molecule has 14 rings (SSSR count). The van der Waals surface area contributed by atoms with Gasteiger partial charge in [-0.2, -0.15) is 0 Å². The summed E-state index contributed by atoms with van der Waals surface area (Å²) in [5.74, 6) is 1.94. The monoisotopic (exact) mass is 1320 g/mol. The van der Waals surface area contributed by atoms with Gasteiger partial charge in [0.15, 0.2) is 0 Å². The van der Waals surface area contributed by atoms with Crippen molar-refractivity contribution in [2.24, 2.45) is 0 Å².